The largest absolute Gasteiger partial charge is 0.497 e. The van der Waals surface area contributed by atoms with Gasteiger partial charge in [-0.05, 0) is 45.8 Å². The summed E-state index contributed by atoms with van der Waals surface area (Å²) >= 11 is 3.41. The third-order valence-electron chi connectivity index (χ3n) is 2.45. The van der Waals surface area contributed by atoms with Crippen LogP contribution in [-0.2, 0) is 6.61 Å². The lowest BCUT2D eigenvalue weighted by Gasteiger charge is -2.09. The van der Waals surface area contributed by atoms with E-state index >= 15 is 0 Å². The van der Waals surface area contributed by atoms with Crippen LogP contribution in [0.2, 0.25) is 0 Å². The van der Waals surface area contributed by atoms with Crippen molar-refractivity contribution in [3.63, 3.8) is 0 Å². The van der Waals surface area contributed by atoms with Crippen molar-refractivity contribution in [1.29, 1.82) is 0 Å². The first-order valence-corrected chi connectivity index (χ1v) is 6.23. The van der Waals surface area contributed by atoms with E-state index in [9.17, 15) is 0 Å². The zero-order chi connectivity index (χ0) is 13.0. The van der Waals surface area contributed by atoms with Gasteiger partial charge in [0, 0.05) is 6.07 Å². The molecule has 18 heavy (non-hydrogen) atoms. The summed E-state index contributed by atoms with van der Waals surface area (Å²) in [7, 11) is 1.62. The number of ether oxygens (including phenoxy) is 2. The lowest BCUT2D eigenvalue weighted by molar-refractivity contribution is 0.281. The summed E-state index contributed by atoms with van der Waals surface area (Å²) < 4.78 is 11.7. The zero-order valence-corrected chi connectivity index (χ0v) is 11.5. The van der Waals surface area contributed by atoms with E-state index in [1.807, 2.05) is 42.5 Å². The van der Waals surface area contributed by atoms with E-state index < -0.39 is 0 Å². The van der Waals surface area contributed by atoms with Crippen molar-refractivity contribution in [1.82, 2.24) is 0 Å². The number of halogens is 1. The molecule has 0 aliphatic rings. The quantitative estimate of drug-likeness (QED) is 0.935. The highest BCUT2D eigenvalue weighted by Gasteiger charge is 2.04. The standard InChI is InChI=1S/C14H13BrO3/c1-17-11-3-2-4-12(8-11)18-14-6-5-10(9-16)7-13(14)15/h2-8,16H,9H2,1H3. The molecule has 3 nitrogen and oxygen atoms in total. The maximum Gasteiger partial charge on any atom is 0.141 e. The molecule has 0 unspecified atom stereocenters. The van der Waals surface area contributed by atoms with Gasteiger partial charge in [0.05, 0.1) is 18.2 Å². The number of aliphatic hydroxyl groups is 1. The molecule has 0 atom stereocenters. The molecule has 0 aliphatic carbocycles. The second-order valence-electron chi connectivity index (χ2n) is 3.70. The number of benzene rings is 2. The highest BCUT2D eigenvalue weighted by atomic mass is 79.9. The van der Waals surface area contributed by atoms with Gasteiger partial charge >= 0.3 is 0 Å². The maximum absolute atomic E-state index is 9.03. The molecule has 2 rings (SSSR count). The zero-order valence-electron chi connectivity index (χ0n) is 9.89. The Morgan fingerprint density at radius 1 is 1.11 bits per heavy atom. The molecule has 94 valence electrons. The third kappa shape index (κ3) is 3.03. The minimum Gasteiger partial charge on any atom is -0.497 e. The molecule has 0 saturated carbocycles. The lowest BCUT2D eigenvalue weighted by Crippen LogP contribution is -1.89. The molecule has 0 fully saturated rings. The van der Waals surface area contributed by atoms with E-state index in [1.54, 1.807) is 7.11 Å². The van der Waals surface area contributed by atoms with Crippen molar-refractivity contribution in [2.45, 2.75) is 6.61 Å². The molecule has 0 spiro atoms. The Balaban J connectivity index is 2.22. The molecule has 0 radical (unpaired) electrons. The van der Waals surface area contributed by atoms with E-state index in [1.165, 1.54) is 0 Å². The van der Waals surface area contributed by atoms with E-state index in [-0.39, 0.29) is 6.61 Å². The Kier molecular flexibility index (Phi) is 4.23. The van der Waals surface area contributed by atoms with E-state index in [4.69, 9.17) is 14.6 Å². The first-order valence-electron chi connectivity index (χ1n) is 5.44. The first-order chi connectivity index (χ1) is 8.72. The molecule has 0 bridgehead atoms. The van der Waals surface area contributed by atoms with Crippen molar-refractivity contribution >= 4 is 15.9 Å². The van der Waals surface area contributed by atoms with Gasteiger partial charge in [0.2, 0.25) is 0 Å². The summed E-state index contributed by atoms with van der Waals surface area (Å²) in [5.74, 6) is 2.14. The molecule has 0 amide bonds. The number of hydrogen-bond donors (Lipinski definition) is 1. The van der Waals surface area contributed by atoms with Crippen molar-refractivity contribution in [3.8, 4) is 17.2 Å². The minimum atomic E-state index is 0.0119. The average molecular weight is 309 g/mol. The smallest absolute Gasteiger partial charge is 0.141 e. The van der Waals surface area contributed by atoms with Crippen LogP contribution < -0.4 is 9.47 Å². The molecule has 2 aromatic rings. The Labute approximate surface area is 114 Å². The maximum atomic E-state index is 9.03. The Morgan fingerprint density at radius 2 is 1.89 bits per heavy atom. The summed E-state index contributed by atoms with van der Waals surface area (Å²) in [6, 6.07) is 12.9. The molecule has 2 aromatic carbocycles. The Hall–Kier alpha value is -1.52. The van der Waals surface area contributed by atoms with Gasteiger partial charge in [-0.2, -0.15) is 0 Å². The van der Waals surface area contributed by atoms with Gasteiger partial charge in [0.15, 0.2) is 0 Å². The van der Waals surface area contributed by atoms with E-state index in [0.717, 1.165) is 15.8 Å². The molecular formula is C14H13BrO3. The van der Waals surface area contributed by atoms with Gasteiger partial charge in [-0.3, -0.25) is 0 Å². The van der Waals surface area contributed by atoms with Gasteiger partial charge < -0.3 is 14.6 Å². The summed E-state index contributed by atoms with van der Waals surface area (Å²) in [4.78, 5) is 0. The molecule has 0 aliphatic heterocycles. The van der Waals surface area contributed by atoms with Crippen LogP contribution in [-0.4, -0.2) is 12.2 Å². The molecular weight excluding hydrogens is 296 g/mol. The predicted molar refractivity (Wildman–Crippen MR) is 73.1 cm³/mol. The van der Waals surface area contributed by atoms with Crippen LogP contribution in [0.4, 0.5) is 0 Å². The molecule has 1 N–H and O–H groups in total. The van der Waals surface area contributed by atoms with Crippen LogP contribution in [0.5, 0.6) is 17.2 Å². The Bertz CT molecular complexity index is 540. The second-order valence-corrected chi connectivity index (χ2v) is 4.56. The molecule has 0 aromatic heterocycles. The Morgan fingerprint density at radius 3 is 2.56 bits per heavy atom. The first kappa shape index (κ1) is 12.9. The van der Waals surface area contributed by atoms with Crippen molar-refractivity contribution in [2.75, 3.05) is 7.11 Å². The molecule has 0 saturated heterocycles. The van der Waals surface area contributed by atoms with Gasteiger partial charge in [-0.25, -0.2) is 0 Å². The summed E-state index contributed by atoms with van der Waals surface area (Å²) in [6.07, 6.45) is 0. The predicted octanol–water partition coefficient (Wildman–Crippen LogP) is 3.74. The van der Waals surface area contributed by atoms with Crippen molar-refractivity contribution < 1.29 is 14.6 Å². The van der Waals surface area contributed by atoms with Gasteiger partial charge in [-0.15, -0.1) is 0 Å². The van der Waals surface area contributed by atoms with Gasteiger partial charge in [0.1, 0.15) is 17.2 Å². The fraction of sp³-hybridized carbons (Fsp3) is 0.143. The van der Waals surface area contributed by atoms with Crippen LogP contribution in [0, 0.1) is 0 Å². The van der Waals surface area contributed by atoms with Crippen molar-refractivity contribution in [2.24, 2.45) is 0 Å². The monoisotopic (exact) mass is 308 g/mol. The third-order valence-corrected chi connectivity index (χ3v) is 3.07. The minimum absolute atomic E-state index is 0.0119. The van der Waals surface area contributed by atoms with Crippen molar-refractivity contribution in [3.05, 3.63) is 52.5 Å². The number of aliphatic hydroxyl groups excluding tert-OH is 1. The van der Waals surface area contributed by atoms with E-state index in [2.05, 4.69) is 15.9 Å². The highest BCUT2D eigenvalue weighted by molar-refractivity contribution is 9.10. The summed E-state index contributed by atoms with van der Waals surface area (Å²) in [6.45, 7) is 0.0119. The van der Waals surface area contributed by atoms with Crippen LogP contribution in [0.25, 0.3) is 0 Å². The normalized spacial score (nSPS) is 10.2. The number of rotatable bonds is 4. The second kappa shape index (κ2) is 5.89. The summed E-state index contributed by atoms with van der Waals surface area (Å²) in [5.41, 5.74) is 0.833. The van der Waals surface area contributed by atoms with Gasteiger partial charge in [-0.1, -0.05) is 12.1 Å². The molecule has 0 heterocycles. The number of hydrogen-bond acceptors (Lipinski definition) is 3. The number of methoxy groups -OCH3 is 1. The molecule has 4 heteroatoms. The fourth-order valence-electron chi connectivity index (χ4n) is 1.52. The summed E-state index contributed by atoms with van der Waals surface area (Å²) in [5, 5.41) is 9.03. The van der Waals surface area contributed by atoms with Gasteiger partial charge in [0.25, 0.3) is 0 Å². The topological polar surface area (TPSA) is 38.7 Å². The fourth-order valence-corrected chi connectivity index (χ4v) is 2.02. The van der Waals surface area contributed by atoms with Crippen LogP contribution >= 0.6 is 15.9 Å². The van der Waals surface area contributed by atoms with Crippen LogP contribution in [0.15, 0.2) is 46.9 Å². The van der Waals surface area contributed by atoms with E-state index in [0.29, 0.717) is 11.5 Å². The SMILES string of the molecule is COc1cccc(Oc2ccc(CO)cc2Br)c1. The lowest BCUT2D eigenvalue weighted by atomic mass is 10.2. The highest BCUT2D eigenvalue weighted by Crippen LogP contribution is 2.31. The average Bonchev–Trinajstić information content (AvgIpc) is 2.41. The van der Waals surface area contributed by atoms with Crippen LogP contribution in [0.1, 0.15) is 5.56 Å². The van der Waals surface area contributed by atoms with Crippen LogP contribution in [0.3, 0.4) is 0 Å².